The molecular formula is C73H118O6. The molecule has 0 aromatic rings. The minimum Gasteiger partial charge on any atom is -0.462 e. The number of allylic oxidation sites excluding steroid dienone is 24. The monoisotopic (exact) mass is 1090 g/mol. The fourth-order valence-electron chi connectivity index (χ4n) is 8.59. The van der Waals surface area contributed by atoms with Crippen LogP contribution in [0.2, 0.25) is 0 Å². The van der Waals surface area contributed by atoms with E-state index >= 15 is 0 Å². The van der Waals surface area contributed by atoms with Crippen LogP contribution in [0.1, 0.15) is 278 Å². The summed E-state index contributed by atoms with van der Waals surface area (Å²) in [5.74, 6) is -0.999. The van der Waals surface area contributed by atoms with E-state index in [1.54, 1.807) is 0 Å². The first kappa shape index (κ1) is 74.3. The Kier molecular flexibility index (Phi) is 61.9. The van der Waals surface area contributed by atoms with Crippen molar-refractivity contribution in [2.24, 2.45) is 0 Å². The number of ether oxygens (including phenoxy) is 3. The zero-order valence-corrected chi connectivity index (χ0v) is 51.1. The van der Waals surface area contributed by atoms with Gasteiger partial charge in [-0.25, -0.2) is 0 Å². The summed E-state index contributed by atoms with van der Waals surface area (Å²) < 4.78 is 16.8. The van der Waals surface area contributed by atoms with Crippen molar-refractivity contribution in [2.75, 3.05) is 13.2 Å². The van der Waals surface area contributed by atoms with Gasteiger partial charge in [-0.15, -0.1) is 0 Å². The van der Waals surface area contributed by atoms with Crippen LogP contribution in [0, 0.1) is 0 Å². The molecule has 1 unspecified atom stereocenters. The Hall–Kier alpha value is -4.71. The van der Waals surface area contributed by atoms with Gasteiger partial charge in [0.25, 0.3) is 0 Å². The van der Waals surface area contributed by atoms with Crippen molar-refractivity contribution in [2.45, 2.75) is 284 Å². The van der Waals surface area contributed by atoms with E-state index in [1.807, 2.05) is 6.08 Å². The molecule has 0 aliphatic heterocycles. The van der Waals surface area contributed by atoms with E-state index < -0.39 is 12.1 Å². The molecular weight excluding hydrogens is 973 g/mol. The zero-order valence-electron chi connectivity index (χ0n) is 51.1. The number of hydrogen-bond acceptors (Lipinski definition) is 6. The summed E-state index contributed by atoms with van der Waals surface area (Å²) in [6.45, 7) is 6.35. The van der Waals surface area contributed by atoms with Crippen LogP contribution in [0.3, 0.4) is 0 Å². The van der Waals surface area contributed by atoms with Gasteiger partial charge in [-0.3, -0.25) is 14.4 Å². The van der Waals surface area contributed by atoms with Gasteiger partial charge in [-0.1, -0.05) is 295 Å². The van der Waals surface area contributed by atoms with Crippen molar-refractivity contribution >= 4 is 17.9 Å². The Labute approximate surface area is 487 Å². The molecule has 0 aromatic carbocycles. The summed E-state index contributed by atoms with van der Waals surface area (Å²) >= 11 is 0. The summed E-state index contributed by atoms with van der Waals surface area (Å²) in [4.78, 5) is 38.3. The van der Waals surface area contributed by atoms with Gasteiger partial charge in [0, 0.05) is 19.3 Å². The van der Waals surface area contributed by atoms with Crippen LogP contribution in [-0.2, 0) is 28.6 Å². The molecule has 0 spiro atoms. The van der Waals surface area contributed by atoms with Crippen molar-refractivity contribution in [1.82, 2.24) is 0 Å². The number of hydrogen-bond donors (Lipinski definition) is 0. The average molecular weight is 1090 g/mol. The molecule has 0 rings (SSSR count). The van der Waals surface area contributed by atoms with Gasteiger partial charge in [0.1, 0.15) is 13.2 Å². The first-order valence-electron chi connectivity index (χ1n) is 32.3. The second-order valence-corrected chi connectivity index (χ2v) is 20.9. The molecule has 0 bridgehead atoms. The van der Waals surface area contributed by atoms with Crippen LogP contribution in [0.5, 0.6) is 0 Å². The highest BCUT2D eigenvalue weighted by Crippen LogP contribution is 2.15. The van der Waals surface area contributed by atoms with Gasteiger partial charge in [0.15, 0.2) is 6.10 Å². The molecule has 6 heteroatoms. The molecule has 79 heavy (non-hydrogen) atoms. The highest BCUT2D eigenvalue weighted by atomic mass is 16.6. The number of unbranched alkanes of at least 4 members (excludes halogenated alkanes) is 22. The Morgan fingerprint density at radius 1 is 0.266 bits per heavy atom. The lowest BCUT2D eigenvalue weighted by Crippen LogP contribution is -2.30. The highest BCUT2D eigenvalue weighted by Gasteiger charge is 2.19. The summed E-state index contributed by atoms with van der Waals surface area (Å²) in [6.07, 6.45) is 94.4. The molecule has 0 N–H and O–H groups in total. The van der Waals surface area contributed by atoms with Crippen molar-refractivity contribution in [1.29, 1.82) is 0 Å². The van der Waals surface area contributed by atoms with Crippen molar-refractivity contribution in [3.8, 4) is 0 Å². The third kappa shape index (κ3) is 64.0. The standard InChI is InChI=1S/C73H118O6/c1-4-7-10-13-16-19-22-25-27-29-31-32-33-34-35-36-37-38-39-40-42-43-45-48-51-54-57-60-63-66-72(75)78-69-70(68-77-71(74)65-62-59-56-53-50-47-24-21-18-15-12-9-6-3)79-73(76)67-64-61-58-55-52-49-46-44-41-30-28-26-23-20-17-14-11-8-5-2/h7-8,10-11,16-17,19-20,25-28,31-32,34-35,37-38,41,44,49,52,58,61,70H,4-6,9,12-15,18,21-24,29-30,33,36,39-40,42-43,45-48,50-51,53-57,59-60,62-69H2,1-3H3/b10-7-,11-8-,19-16-,20-17-,27-25-,28-26-,32-31-,35-34-,38-37-,44-41-,52-49-,61-58-. The van der Waals surface area contributed by atoms with Crippen LogP contribution >= 0.6 is 0 Å². The molecule has 0 radical (unpaired) electrons. The number of esters is 3. The van der Waals surface area contributed by atoms with Crippen molar-refractivity contribution < 1.29 is 28.6 Å². The SMILES string of the molecule is CC/C=C\C/C=C\C/C=C\C/C=C\C/C=C\C/C=C\CCCCCCCCCCCCC(=O)OCC(COC(=O)CCCCCCCCCCCCCCC)OC(=O)CC/C=C\C/C=C\C/C=C\C/C=C\C/C=C\C/C=C\CC. The molecule has 0 saturated heterocycles. The zero-order chi connectivity index (χ0) is 57.1. The number of rotatable bonds is 57. The van der Waals surface area contributed by atoms with Crippen molar-refractivity contribution in [3.05, 3.63) is 146 Å². The lowest BCUT2D eigenvalue weighted by molar-refractivity contribution is -0.166. The molecule has 6 nitrogen and oxygen atoms in total. The molecule has 0 aliphatic rings. The van der Waals surface area contributed by atoms with E-state index in [-0.39, 0.29) is 31.6 Å². The average Bonchev–Trinajstić information content (AvgIpc) is 3.45. The highest BCUT2D eigenvalue weighted by molar-refractivity contribution is 5.71. The van der Waals surface area contributed by atoms with E-state index in [9.17, 15) is 14.4 Å². The smallest absolute Gasteiger partial charge is 0.306 e. The first-order valence-corrected chi connectivity index (χ1v) is 32.3. The van der Waals surface area contributed by atoms with Crippen LogP contribution in [0.4, 0.5) is 0 Å². The molecule has 0 aliphatic carbocycles. The van der Waals surface area contributed by atoms with Gasteiger partial charge >= 0.3 is 17.9 Å². The topological polar surface area (TPSA) is 78.9 Å². The van der Waals surface area contributed by atoms with Gasteiger partial charge in [-0.2, -0.15) is 0 Å². The maximum atomic E-state index is 12.9. The van der Waals surface area contributed by atoms with E-state index in [4.69, 9.17) is 14.2 Å². The maximum absolute atomic E-state index is 12.9. The van der Waals surface area contributed by atoms with Gasteiger partial charge < -0.3 is 14.2 Å². The van der Waals surface area contributed by atoms with Crippen LogP contribution < -0.4 is 0 Å². The van der Waals surface area contributed by atoms with Gasteiger partial charge in [-0.05, 0) is 109 Å². The third-order valence-corrected chi connectivity index (χ3v) is 13.4. The fourth-order valence-corrected chi connectivity index (χ4v) is 8.59. The molecule has 0 amide bonds. The van der Waals surface area contributed by atoms with Gasteiger partial charge in [0.2, 0.25) is 0 Å². The third-order valence-electron chi connectivity index (χ3n) is 13.4. The quantitative estimate of drug-likeness (QED) is 0.0261. The molecule has 0 saturated carbocycles. The first-order chi connectivity index (χ1) is 39.0. The van der Waals surface area contributed by atoms with E-state index in [2.05, 4.69) is 161 Å². The Morgan fingerprint density at radius 3 is 0.823 bits per heavy atom. The predicted octanol–water partition coefficient (Wildman–Crippen LogP) is 22.3. The summed E-state index contributed by atoms with van der Waals surface area (Å²) in [7, 11) is 0. The minimum absolute atomic E-state index is 0.111. The van der Waals surface area contributed by atoms with E-state index in [0.29, 0.717) is 19.3 Å². The van der Waals surface area contributed by atoms with E-state index in [1.165, 1.54) is 109 Å². The normalized spacial score (nSPS) is 13.1. The van der Waals surface area contributed by atoms with Crippen molar-refractivity contribution in [3.63, 3.8) is 0 Å². The molecule has 0 heterocycles. The Morgan fingerprint density at radius 2 is 0.519 bits per heavy atom. The summed E-state index contributed by atoms with van der Waals surface area (Å²) in [6, 6.07) is 0. The lowest BCUT2D eigenvalue weighted by Gasteiger charge is -2.18. The number of carbonyl (C=O) groups excluding carboxylic acids is 3. The second-order valence-electron chi connectivity index (χ2n) is 20.9. The van der Waals surface area contributed by atoms with Crippen LogP contribution in [0.15, 0.2) is 146 Å². The molecule has 1 atom stereocenters. The van der Waals surface area contributed by atoms with Crippen LogP contribution in [0.25, 0.3) is 0 Å². The Balaban J connectivity index is 4.40. The number of carbonyl (C=O) groups is 3. The van der Waals surface area contributed by atoms with Crippen LogP contribution in [-0.4, -0.2) is 37.2 Å². The van der Waals surface area contributed by atoms with Gasteiger partial charge in [0.05, 0.1) is 0 Å². The largest absolute Gasteiger partial charge is 0.462 e. The Bertz CT molecular complexity index is 1730. The fraction of sp³-hybridized carbons (Fsp3) is 0.630. The van der Waals surface area contributed by atoms with E-state index in [0.717, 1.165) is 122 Å². The summed E-state index contributed by atoms with van der Waals surface area (Å²) in [5, 5.41) is 0. The molecule has 446 valence electrons. The molecule has 0 fully saturated rings. The summed E-state index contributed by atoms with van der Waals surface area (Å²) in [5.41, 5.74) is 0. The second kappa shape index (κ2) is 65.8. The lowest BCUT2D eigenvalue weighted by atomic mass is 10.0. The minimum atomic E-state index is -0.825. The molecule has 0 aromatic heterocycles. The predicted molar refractivity (Wildman–Crippen MR) is 343 cm³/mol. The maximum Gasteiger partial charge on any atom is 0.306 e.